The average Bonchev–Trinajstić information content (AvgIpc) is 3.16. The highest BCUT2D eigenvalue weighted by atomic mass is 35.5. The molecule has 1 N–H and O–H groups in total. The van der Waals surface area contributed by atoms with Crippen LogP contribution in [0.5, 0.6) is 0 Å². The van der Waals surface area contributed by atoms with E-state index in [4.69, 9.17) is 11.6 Å². The standard InChI is InChI=1S/C20H14ClN3O2S2/c21-14-5-3-4-13(10-14)19(26)23-16-6-1-2-7-17(16)28-12-15-11-18(25)24-8-9-27-20(24)22-15/h1-11H,12H2,(H,23,26). The fourth-order valence-corrected chi connectivity index (χ4v) is 4.46. The molecule has 0 saturated heterocycles. The number of nitrogens with one attached hydrogen (secondary N) is 1. The number of carbonyl (C=O) groups excluding carboxylic acids is 1. The van der Waals surface area contributed by atoms with Gasteiger partial charge in [-0.1, -0.05) is 29.8 Å². The molecule has 4 rings (SSSR count). The highest BCUT2D eigenvalue weighted by molar-refractivity contribution is 7.98. The van der Waals surface area contributed by atoms with Crippen LogP contribution in [-0.2, 0) is 5.75 Å². The summed E-state index contributed by atoms with van der Waals surface area (Å²) in [6, 6.07) is 15.9. The first kappa shape index (κ1) is 18.7. The Balaban J connectivity index is 1.52. The van der Waals surface area contributed by atoms with Crippen LogP contribution in [0.2, 0.25) is 5.02 Å². The number of amides is 1. The number of hydrogen-bond donors (Lipinski definition) is 1. The smallest absolute Gasteiger partial charge is 0.258 e. The molecule has 0 atom stereocenters. The van der Waals surface area contributed by atoms with E-state index >= 15 is 0 Å². The van der Waals surface area contributed by atoms with Gasteiger partial charge >= 0.3 is 0 Å². The van der Waals surface area contributed by atoms with Crippen LogP contribution in [0.1, 0.15) is 16.1 Å². The minimum absolute atomic E-state index is 0.0932. The minimum Gasteiger partial charge on any atom is -0.321 e. The number of fused-ring (bicyclic) bond motifs is 1. The maximum Gasteiger partial charge on any atom is 0.258 e. The molecule has 4 aromatic rings. The van der Waals surface area contributed by atoms with Crippen LogP contribution in [0.25, 0.3) is 4.96 Å². The molecular weight excluding hydrogens is 414 g/mol. The van der Waals surface area contributed by atoms with E-state index in [0.717, 1.165) is 4.90 Å². The lowest BCUT2D eigenvalue weighted by molar-refractivity contribution is 0.102. The summed E-state index contributed by atoms with van der Waals surface area (Å²) in [7, 11) is 0. The Morgan fingerprint density at radius 3 is 2.89 bits per heavy atom. The number of hydrogen-bond acceptors (Lipinski definition) is 5. The molecule has 0 unspecified atom stereocenters. The topological polar surface area (TPSA) is 63.5 Å². The Morgan fingerprint density at radius 1 is 1.18 bits per heavy atom. The lowest BCUT2D eigenvalue weighted by Gasteiger charge is -2.11. The van der Waals surface area contributed by atoms with Crippen LogP contribution in [0.3, 0.4) is 0 Å². The number of aromatic nitrogens is 2. The van der Waals surface area contributed by atoms with Crippen LogP contribution in [-0.4, -0.2) is 15.3 Å². The van der Waals surface area contributed by atoms with Gasteiger partial charge in [0, 0.05) is 38.9 Å². The summed E-state index contributed by atoms with van der Waals surface area (Å²) < 4.78 is 1.53. The number of anilines is 1. The van der Waals surface area contributed by atoms with Gasteiger partial charge in [-0.3, -0.25) is 14.0 Å². The van der Waals surface area contributed by atoms with Gasteiger partial charge in [0.15, 0.2) is 4.96 Å². The Labute approximate surface area is 174 Å². The Morgan fingerprint density at radius 2 is 2.04 bits per heavy atom. The van der Waals surface area contributed by atoms with Crippen LogP contribution in [0, 0.1) is 0 Å². The predicted octanol–water partition coefficient (Wildman–Crippen LogP) is 4.95. The number of rotatable bonds is 5. The number of carbonyl (C=O) groups is 1. The van der Waals surface area contributed by atoms with Crippen molar-refractivity contribution in [1.82, 2.24) is 9.38 Å². The van der Waals surface area contributed by atoms with Gasteiger partial charge in [-0.2, -0.15) is 0 Å². The monoisotopic (exact) mass is 427 g/mol. The van der Waals surface area contributed by atoms with Crippen molar-refractivity contribution in [2.45, 2.75) is 10.6 Å². The van der Waals surface area contributed by atoms with Gasteiger partial charge < -0.3 is 5.32 Å². The normalized spacial score (nSPS) is 10.9. The molecular formula is C20H14ClN3O2S2. The van der Waals surface area contributed by atoms with Crippen LogP contribution in [0.4, 0.5) is 5.69 Å². The minimum atomic E-state index is -0.230. The van der Waals surface area contributed by atoms with Crippen LogP contribution in [0.15, 0.2) is 75.9 Å². The highest BCUT2D eigenvalue weighted by Gasteiger charge is 2.11. The maximum absolute atomic E-state index is 12.5. The summed E-state index contributed by atoms with van der Waals surface area (Å²) in [5, 5.41) is 5.27. The Kier molecular flexibility index (Phi) is 5.47. The van der Waals surface area contributed by atoms with Crippen molar-refractivity contribution in [2.75, 3.05) is 5.32 Å². The van der Waals surface area contributed by atoms with Gasteiger partial charge in [-0.15, -0.1) is 23.1 Å². The van der Waals surface area contributed by atoms with Crippen molar-refractivity contribution in [1.29, 1.82) is 0 Å². The van der Waals surface area contributed by atoms with E-state index in [9.17, 15) is 9.59 Å². The fourth-order valence-electron chi connectivity index (χ4n) is 2.63. The van der Waals surface area contributed by atoms with Crippen molar-refractivity contribution in [3.8, 4) is 0 Å². The van der Waals surface area contributed by atoms with Gasteiger partial charge in [0.2, 0.25) is 0 Å². The molecule has 1 amide bonds. The van der Waals surface area contributed by atoms with Crippen molar-refractivity contribution in [3.63, 3.8) is 0 Å². The van der Waals surface area contributed by atoms with Gasteiger partial charge in [0.25, 0.3) is 11.5 Å². The second-order valence-corrected chi connectivity index (χ2v) is 8.22. The molecule has 2 aromatic carbocycles. The summed E-state index contributed by atoms with van der Waals surface area (Å²) in [5.41, 5.74) is 1.80. The maximum atomic E-state index is 12.5. The molecule has 140 valence electrons. The zero-order valence-electron chi connectivity index (χ0n) is 14.5. The molecule has 28 heavy (non-hydrogen) atoms. The first-order valence-electron chi connectivity index (χ1n) is 8.35. The van der Waals surface area contributed by atoms with Gasteiger partial charge in [0.05, 0.1) is 11.4 Å². The molecule has 0 saturated carbocycles. The third kappa shape index (κ3) is 4.11. The SMILES string of the molecule is O=C(Nc1ccccc1SCc1cc(=O)n2ccsc2n1)c1cccc(Cl)c1. The van der Waals surface area contributed by atoms with E-state index in [0.29, 0.717) is 32.7 Å². The molecule has 0 bridgehead atoms. The van der Waals surface area contributed by atoms with Crippen molar-refractivity contribution < 1.29 is 4.79 Å². The lowest BCUT2D eigenvalue weighted by Crippen LogP contribution is -2.13. The first-order valence-corrected chi connectivity index (χ1v) is 10.6. The van der Waals surface area contributed by atoms with E-state index < -0.39 is 0 Å². The zero-order chi connectivity index (χ0) is 19.5. The van der Waals surface area contributed by atoms with E-state index in [1.165, 1.54) is 27.5 Å². The molecule has 5 nitrogen and oxygen atoms in total. The summed E-state index contributed by atoms with van der Waals surface area (Å²) in [6.45, 7) is 0. The number of benzene rings is 2. The predicted molar refractivity (Wildman–Crippen MR) is 115 cm³/mol. The van der Waals surface area contributed by atoms with Gasteiger partial charge in [-0.05, 0) is 30.3 Å². The van der Waals surface area contributed by atoms with Gasteiger partial charge in [0.1, 0.15) is 0 Å². The summed E-state index contributed by atoms with van der Waals surface area (Å²) >= 11 is 8.91. The fraction of sp³-hybridized carbons (Fsp3) is 0.0500. The first-order chi connectivity index (χ1) is 13.6. The third-order valence-corrected chi connectivity index (χ3v) is 6.05. The summed E-state index contributed by atoms with van der Waals surface area (Å²) in [5.74, 6) is 0.292. The number of para-hydroxylation sites is 1. The Hall–Kier alpha value is -2.61. The Bertz CT molecular complexity index is 1220. The van der Waals surface area contributed by atoms with Crippen LogP contribution >= 0.6 is 34.7 Å². The zero-order valence-corrected chi connectivity index (χ0v) is 16.9. The lowest BCUT2D eigenvalue weighted by atomic mass is 10.2. The molecule has 2 heterocycles. The highest BCUT2D eigenvalue weighted by Crippen LogP contribution is 2.30. The second kappa shape index (κ2) is 8.18. The summed E-state index contributed by atoms with van der Waals surface area (Å²) in [4.78, 5) is 30.7. The van der Waals surface area contributed by atoms with Gasteiger partial charge in [-0.25, -0.2) is 4.98 Å². The number of thioether (sulfide) groups is 1. The number of thiazole rings is 1. The molecule has 0 spiro atoms. The van der Waals surface area contributed by atoms with Crippen molar-refractivity contribution in [2.24, 2.45) is 0 Å². The number of halogens is 1. The molecule has 0 radical (unpaired) electrons. The van der Waals surface area contributed by atoms with Crippen molar-refractivity contribution in [3.05, 3.63) is 92.8 Å². The van der Waals surface area contributed by atoms with E-state index in [2.05, 4.69) is 10.3 Å². The second-order valence-electron chi connectivity index (χ2n) is 5.89. The molecule has 0 aliphatic carbocycles. The third-order valence-electron chi connectivity index (χ3n) is 3.95. The summed E-state index contributed by atoms with van der Waals surface area (Å²) in [6.07, 6.45) is 1.72. The number of nitrogens with zero attached hydrogens (tertiary/aromatic N) is 2. The van der Waals surface area contributed by atoms with Crippen LogP contribution < -0.4 is 10.9 Å². The van der Waals surface area contributed by atoms with E-state index in [-0.39, 0.29) is 11.5 Å². The van der Waals surface area contributed by atoms with Crippen molar-refractivity contribution >= 4 is 51.3 Å². The van der Waals surface area contributed by atoms with E-state index in [1.54, 1.807) is 36.5 Å². The quantitative estimate of drug-likeness (QED) is 0.457. The molecule has 0 aliphatic heterocycles. The molecule has 8 heteroatoms. The van der Waals surface area contributed by atoms with E-state index in [1.807, 2.05) is 29.6 Å². The molecule has 0 fully saturated rings. The largest absolute Gasteiger partial charge is 0.321 e. The molecule has 0 aliphatic rings. The average molecular weight is 428 g/mol. The molecule has 2 aromatic heterocycles.